The molecular weight excluding hydrogens is 462 g/mol. The largest absolute Gasteiger partial charge is 0.507 e. The molecule has 1 aromatic heterocycles. The lowest BCUT2D eigenvalue weighted by Crippen LogP contribution is -2.58. The molecule has 0 amide bonds. The van der Waals surface area contributed by atoms with Gasteiger partial charge in [0.1, 0.15) is 22.9 Å². The number of benzene rings is 2. The Kier molecular flexibility index (Phi) is 5.95. The maximum atomic E-state index is 16.1. The molecule has 180 valence electrons. The Morgan fingerprint density at radius 3 is 2.62 bits per heavy atom. The molecule has 7 nitrogen and oxygen atoms in total. The van der Waals surface area contributed by atoms with Crippen molar-refractivity contribution in [2.75, 3.05) is 56.6 Å². The number of fused-ring (bicyclic) bond motifs is 1. The van der Waals surface area contributed by atoms with E-state index >= 15 is 4.39 Å². The molecule has 2 fully saturated rings. The van der Waals surface area contributed by atoms with Crippen LogP contribution in [0.3, 0.4) is 0 Å². The lowest BCUT2D eigenvalue weighted by Gasteiger charge is -2.43. The Morgan fingerprint density at radius 1 is 1.18 bits per heavy atom. The van der Waals surface area contributed by atoms with E-state index in [1.165, 1.54) is 12.1 Å². The third kappa shape index (κ3) is 3.81. The van der Waals surface area contributed by atoms with E-state index in [2.05, 4.69) is 27.0 Å². The SMILES string of the molecule is C[C@H]1CNCCN1c1nc(N2CC(N(C)C)C2)nc2c(F)c(-c3c(O)cccc3F)c(Cl)cc12. The number of piperazine rings is 1. The lowest BCUT2D eigenvalue weighted by molar-refractivity contribution is 0.245. The normalized spacial score (nSPS) is 19.2. The Morgan fingerprint density at radius 2 is 1.94 bits per heavy atom. The summed E-state index contributed by atoms with van der Waals surface area (Å²) in [5.74, 6) is -0.896. The molecule has 10 heteroatoms. The number of hydrogen-bond acceptors (Lipinski definition) is 7. The summed E-state index contributed by atoms with van der Waals surface area (Å²) in [5, 5.41) is 14.1. The average molecular weight is 489 g/mol. The first kappa shape index (κ1) is 23.0. The molecule has 34 heavy (non-hydrogen) atoms. The number of likely N-dealkylation sites (N-methyl/N-ethyl adjacent to an activating group) is 1. The number of phenolic OH excluding ortho intramolecular Hbond substituents is 1. The van der Waals surface area contributed by atoms with Crippen molar-refractivity contribution in [3.63, 3.8) is 0 Å². The molecule has 0 bridgehead atoms. The summed E-state index contributed by atoms with van der Waals surface area (Å²) in [6, 6.07) is 5.89. The number of aromatic nitrogens is 2. The van der Waals surface area contributed by atoms with Crippen LogP contribution in [0.15, 0.2) is 24.3 Å². The topological polar surface area (TPSA) is 67.8 Å². The zero-order valence-electron chi connectivity index (χ0n) is 19.3. The Balaban J connectivity index is 1.72. The predicted octanol–water partition coefficient (Wildman–Crippen LogP) is 3.48. The first-order chi connectivity index (χ1) is 16.3. The van der Waals surface area contributed by atoms with Crippen LogP contribution >= 0.6 is 11.6 Å². The number of nitrogens with zero attached hydrogens (tertiary/aromatic N) is 5. The van der Waals surface area contributed by atoms with Gasteiger partial charge in [-0.1, -0.05) is 17.7 Å². The van der Waals surface area contributed by atoms with Crippen LogP contribution in [-0.4, -0.2) is 78.9 Å². The fourth-order valence-electron chi connectivity index (χ4n) is 4.62. The summed E-state index contributed by atoms with van der Waals surface area (Å²) < 4.78 is 30.7. The van der Waals surface area contributed by atoms with E-state index in [0.29, 0.717) is 29.7 Å². The third-order valence-corrected chi connectivity index (χ3v) is 7.04. The number of rotatable bonds is 4. The monoisotopic (exact) mass is 488 g/mol. The molecule has 0 saturated carbocycles. The van der Waals surface area contributed by atoms with Gasteiger partial charge >= 0.3 is 0 Å². The zero-order valence-corrected chi connectivity index (χ0v) is 20.1. The van der Waals surface area contributed by atoms with Crippen molar-refractivity contribution < 1.29 is 13.9 Å². The van der Waals surface area contributed by atoms with Gasteiger partial charge in [0.15, 0.2) is 5.82 Å². The molecule has 2 aliphatic heterocycles. The second kappa shape index (κ2) is 8.79. The molecule has 2 aliphatic rings. The zero-order chi connectivity index (χ0) is 24.1. The molecule has 1 atom stereocenters. The highest BCUT2D eigenvalue weighted by atomic mass is 35.5. The molecule has 0 aliphatic carbocycles. The fraction of sp³-hybridized carbons (Fsp3) is 0.417. The first-order valence-electron chi connectivity index (χ1n) is 11.3. The number of phenols is 1. The molecule has 3 heterocycles. The second-order valence-corrected chi connectivity index (χ2v) is 9.60. The minimum atomic E-state index is -0.778. The Hall–Kier alpha value is -2.75. The van der Waals surface area contributed by atoms with Gasteiger partial charge in [0.25, 0.3) is 0 Å². The molecular formula is C24H27ClF2N6O. The van der Waals surface area contributed by atoms with Crippen LogP contribution in [0.4, 0.5) is 20.5 Å². The van der Waals surface area contributed by atoms with Gasteiger partial charge in [-0.2, -0.15) is 4.98 Å². The molecule has 5 rings (SSSR count). The standard InChI is InChI=1S/C24H27ClF2N6O/c1-13-10-28-7-8-33(13)23-15-9-16(25)19(20-17(26)5-4-6-18(20)34)21(27)22(15)29-24(30-23)32-11-14(12-32)31(2)3/h4-6,9,13-14,28,34H,7-8,10-12H2,1-3H3/t13-/m0/s1. The van der Waals surface area contributed by atoms with Gasteiger partial charge < -0.3 is 25.1 Å². The minimum absolute atomic E-state index is 0.0117. The molecule has 0 spiro atoms. The van der Waals surface area contributed by atoms with Gasteiger partial charge in [0.05, 0.1) is 10.6 Å². The summed E-state index contributed by atoms with van der Waals surface area (Å²) in [5.41, 5.74) is -0.426. The summed E-state index contributed by atoms with van der Waals surface area (Å²) in [6.45, 7) is 5.77. The van der Waals surface area contributed by atoms with Crippen molar-refractivity contribution >= 4 is 34.3 Å². The first-order valence-corrected chi connectivity index (χ1v) is 11.7. The summed E-state index contributed by atoms with van der Waals surface area (Å²) >= 11 is 6.51. The number of anilines is 2. The number of halogens is 3. The van der Waals surface area contributed by atoms with E-state index in [1.807, 2.05) is 19.0 Å². The summed E-state index contributed by atoms with van der Waals surface area (Å²) in [4.78, 5) is 15.7. The van der Waals surface area contributed by atoms with E-state index in [-0.39, 0.29) is 33.5 Å². The van der Waals surface area contributed by atoms with Crippen LogP contribution in [0, 0.1) is 11.6 Å². The van der Waals surface area contributed by atoms with Crippen molar-refractivity contribution in [3.05, 3.63) is 40.9 Å². The van der Waals surface area contributed by atoms with Crippen molar-refractivity contribution in [2.24, 2.45) is 0 Å². The van der Waals surface area contributed by atoms with Gasteiger partial charge in [-0.3, -0.25) is 0 Å². The molecule has 0 radical (unpaired) electrons. The van der Waals surface area contributed by atoms with Gasteiger partial charge in [-0.15, -0.1) is 0 Å². The molecule has 2 aromatic carbocycles. The van der Waals surface area contributed by atoms with E-state index in [9.17, 15) is 9.50 Å². The highest BCUT2D eigenvalue weighted by Gasteiger charge is 2.33. The van der Waals surface area contributed by atoms with Gasteiger partial charge in [0, 0.05) is 55.8 Å². The molecule has 2 N–H and O–H groups in total. The van der Waals surface area contributed by atoms with Crippen molar-refractivity contribution in [3.8, 4) is 16.9 Å². The van der Waals surface area contributed by atoms with E-state index in [1.54, 1.807) is 6.07 Å². The van der Waals surface area contributed by atoms with E-state index in [0.717, 1.165) is 32.2 Å². The number of aromatic hydroxyl groups is 1. The highest BCUT2D eigenvalue weighted by molar-refractivity contribution is 6.34. The van der Waals surface area contributed by atoms with E-state index < -0.39 is 11.6 Å². The smallest absolute Gasteiger partial charge is 0.228 e. The maximum absolute atomic E-state index is 16.1. The summed E-state index contributed by atoms with van der Waals surface area (Å²) in [7, 11) is 4.04. The van der Waals surface area contributed by atoms with Gasteiger partial charge in [-0.05, 0) is 39.2 Å². The maximum Gasteiger partial charge on any atom is 0.228 e. The van der Waals surface area contributed by atoms with Crippen LogP contribution in [0.5, 0.6) is 5.75 Å². The lowest BCUT2D eigenvalue weighted by atomic mass is 10.0. The molecule has 0 unspecified atom stereocenters. The summed E-state index contributed by atoms with van der Waals surface area (Å²) in [6.07, 6.45) is 0. The Labute approximate surface area is 202 Å². The van der Waals surface area contributed by atoms with Crippen LogP contribution in [-0.2, 0) is 0 Å². The van der Waals surface area contributed by atoms with Gasteiger partial charge in [-0.25, -0.2) is 13.8 Å². The average Bonchev–Trinajstić information content (AvgIpc) is 2.75. The predicted molar refractivity (Wildman–Crippen MR) is 131 cm³/mol. The van der Waals surface area contributed by atoms with E-state index in [4.69, 9.17) is 16.6 Å². The van der Waals surface area contributed by atoms with Crippen LogP contribution < -0.4 is 15.1 Å². The van der Waals surface area contributed by atoms with Crippen LogP contribution in [0.2, 0.25) is 5.02 Å². The van der Waals surface area contributed by atoms with Crippen molar-refractivity contribution in [2.45, 2.75) is 19.0 Å². The van der Waals surface area contributed by atoms with Gasteiger partial charge in [0.2, 0.25) is 5.95 Å². The Bertz CT molecular complexity index is 1230. The quantitative estimate of drug-likeness (QED) is 0.582. The minimum Gasteiger partial charge on any atom is -0.507 e. The van der Waals surface area contributed by atoms with Crippen LogP contribution in [0.1, 0.15) is 6.92 Å². The fourth-order valence-corrected chi connectivity index (χ4v) is 4.91. The van der Waals surface area contributed by atoms with Crippen molar-refractivity contribution in [1.82, 2.24) is 20.2 Å². The third-order valence-electron chi connectivity index (χ3n) is 6.74. The number of nitrogens with one attached hydrogen (secondary N) is 1. The van der Waals surface area contributed by atoms with Crippen LogP contribution in [0.25, 0.3) is 22.0 Å². The molecule has 3 aromatic rings. The second-order valence-electron chi connectivity index (χ2n) is 9.19. The number of hydrogen-bond donors (Lipinski definition) is 2. The molecule has 2 saturated heterocycles. The van der Waals surface area contributed by atoms with Crippen molar-refractivity contribution in [1.29, 1.82) is 0 Å². The highest BCUT2D eigenvalue weighted by Crippen LogP contribution is 2.43.